The third kappa shape index (κ3) is 4.25. The number of H-pyrrole nitrogens is 1. The Balaban J connectivity index is 1.87. The third-order valence-electron chi connectivity index (χ3n) is 5.20. The predicted octanol–water partition coefficient (Wildman–Crippen LogP) is 4.78. The first kappa shape index (κ1) is 21.2. The smallest absolute Gasteiger partial charge is 0.318 e. The SMILES string of the molecule is CC(=O)c1c(C)[nH]c(C(=O)C(C)OC(=O)C(c2ccccc2)c2ccccc2)c1C. The number of Topliss-reactive ketones (excluding diaryl/α,β-unsaturated/α-hetero) is 2. The van der Waals surface area contributed by atoms with Gasteiger partial charge < -0.3 is 9.72 Å². The fraction of sp³-hybridized carbons (Fsp3) is 0.240. The van der Waals surface area contributed by atoms with Gasteiger partial charge in [-0.2, -0.15) is 0 Å². The molecule has 0 aliphatic heterocycles. The van der Waals surface area contributed by atoms with Crippen molar-refractivity contribution in [2.45, 2.75) is 39.7 Å². The van der Waals surface area contributed by atoms with Crippen LogP contribution >= 0.6 is 0 Å². The number of carbonyl (C=O) groups excluding carboxylic acids is 3. The molecule has 3 rings (SSSR count). The first-order valence-corrected chi connectivity index (χ1v) is 9.86. The largest absolute Gasteiger partial charge is 0.453 e. The standard InChI is InChI=1S/C25H25NO4/c1-15-21(17(3)27)16(2)26-23(15)24(28)18(4)30-25(29)22(19-11-7-5-8-12-19)20-13-9-6-10-14-20/h5-14,18,22,26H,1-4H3. The molecule has 1 aromatic heterocycles. The number of esters is 1. The molecule has 2 aromatic carbocycles. The van der Waals surface area contributed by atoms with Crippen LogP contribution in [0.2, 0.25) is 0 Å². The minimum absolute atomic E-state index is 0.113. The van der Waals surface area contributed by atoms with Gasteiger partial charge in [-0.3, -0.25) is 14.4 Å². The van der Waals surface area contributed by atoms with Crippen molar-refractivity contribution < 1.29 is 19.1 Å². The Labute approximate surface area is 176 Å². The van der Waals surface area contributed by atoms with Gasteiger partial charge in [0.15, 0.2) is 11.9 Å². The van der Waals surface area contributed by atoms with Crippen LogP contribution in [0, 0.1) is 13.8 Å². The third-order valence-corrected chi connectivity index (χ3v) is 5.20. The zero-order chi connectivity index (χ0) is 21.8. The van der Waals surface area contributed by atoms with Gasteiger partial charge in [-0.15, -0.1) is 0 Å². The second kappa shape index (κ2) is 8.91. The van der Waals surface area contributed by atoms with Gasteiger partial charge in [0.25, 0.3) is 0 Å². The lowest BCUT2D eigenvalue weighted by atomic mass is 9.91. The molecule has 0 aliphatic carbocycles. The molecule has 0 saturated heterocycles. The molecule has 1 unspecified atom stereocenters. The van der Waals surface area contributed by atoms with Gasteiger partial charge in [-0.25, -0.2) is 0 Å². The maximum Gasteiger partial charge on any atom is 0.318 e. The molecule has 5 heteroatoms. The van der Waals surface area contributed by atoms with Gasteiger partial charge in [-0.05, 0) is 44.4 Å². The summed E-state index contributed by atoms with van der Waals surface area (Å²) < 4.78 is 5.61. The summed E-state index contributed by atoms with van der Waals surface area (Å²) in [5.41, 5.74) is 3.60. The number of ketones is 2. The number of rotatable bonds is 7. The highest BCUT2D eigenvalue weighted by molar-refractivity contribution is 6.05. The van der Waals surface area contributed by atoms with Crippen molar-refractivity contribution >= 4 is 17.5 Å². The van der Waals surface area contributed by atoms with E-state index in [4.69, 9.17) is 4.74 Å². The molecule has 1 heterocycles. The van der Waals surface area contributed by atoms with Crippen LogP contribution in [0.3, 0.4) is 0 Å². The van der Waals surface area contributed by atoms with Crippen LogP contribution in [0.25, 0.3) is 0 Å². The van der Waals surface area contributed by atoms with Crippen LogP contribution in [0.15, 0.2) is 60.7 Å². The lowest BCUT2D eigenvalue weighted by molar-refractivity contribution is -0.147. The molecule has 3 aromatic rings. The van der Waals surface area contributed by atoms with Crippen LogP contribution in [0.4, 0.5) is 0 Å². The van der Waals surface area contributed by atoms with Gasteiger partial charge in [0.2, 0.25) is 5.78 Å². The quantitative estimate of drug-likeness (QED) is 0.455. The minimum atomic E-state index is -0.996. The average Bonchev–Trinajstić information content (AvgIpc) is 3.03. The first-order chi connectivity index (χ1) is 14.3. The maximum atomic E-state index is 13.1. The number of ether oxygens (including phenoxy) is 1. The van der Waals surface area contributed by atoms with Crippen LogP contribution < -0.4 is 0 Å². The number of benzene rings is 2. The van der Waals surface area contributed by atoms with Gasteiger partial charge in [0.1, 0.15) is 5.92 Å². The maximum absolute atomic E-state index is 13.1. The average molecular weight is 403 g/mol. The molecule has 0 bridgehead atoms. The Morgan fingerprint density at radius 3 is 1.80 bits per heavy atom. The van der Waals surface area contributed by atoms with Crippen molar-refractivity contribution in [2.24, 2.45) is 0 Å². The molecule has 0 aliphatic rings. The second-order valence-corrected chi connectivity index (χ2v) is 7.38. The van der Waals surface area contributed by atoms with Crippen molar-refractivity contribution in [3.8, 4) is 0 Å². The van der Waals surface area contributed by atoms with Crippen LogP contribution in [-0.2, 0) is 9.53 Å². The summed E-state index contributed by atoms with van der Waals surface area (Å²) in [6.07, 6.45) is -0.996. The molecule has 154 valence electrons. The van der Waals surface area contributed by atoms with Crippen molar-refractivity contribution in [1.82, 2.24) is 4.98 Å². The van der Waals surface area contributed by atoms with E-state index in [9.17, 15) is 14.4 Å². The van der Waals surface area contributed by atoms with E-state index < -0.39 is 18.0 Å². The van der Waals surface area contributed by atoms with E-state index in [1.54, 1.807) is 20.8 Å². The van der Waals surface area contributed by atoms with Crippen molar-refractivity contribution in [3.05, 3.63) is 94.3 Å². The Bertz CT molecular complexity index is 1030. The number of aryl methyl sites for hydroxylation is 1. The highest BCUT2D eigenvalue weighted by atomic mass is 16.5. The van der Waals surface area contributed by atoms with Crippen LogP contribution in [-0.4, -0.2) is 28.6 Å². The Hall–Kier alpha value is -3.47. The normalized spacial score (nSPS) is 11.9. The highest BCUT2D eigenvalue weighted by Crippen LogP contribution is 2.27. The van der Waals surface area contributed by atoms with Gasteiger partial charge in [0.05, 0.1) is 5.69 Å². The molecule has 1 atom stereocenters. The van der Waals surface area contributed by atoms with E-state index in [2.05, 4.69) is 4.98 Å². The molecular weight excluding hydrogens is 378 g/mol. The minimum Gasteiger partial charge on any atom is -0.453 e. The summed E-state index contributed by atoms with van der Waals surface area (Å²) in [5, 5.41) is 0. The number of nitrogens with one attached hydrogen (secondary N) is 1. The number of aromatic amines is 1. The summed E-state index contributed by atoms with van der Waals surface area (Å²) in [7, 11) is 0. The zero-order valence-corrected chi connectivity index (χ0v) is 17.6. The molecule has 5 nitrogen and oxygen atoms in total. The van der Waals surface area contributed by atoms with E-state index in [1.165, 1.54) is 6.92 Å². The zero-order valence-electron chi connectivity index (χ0n) is 17.6. The Morgan fingerprint density at radius 1 is 0.867 bits per heavy atom. The molecule has 0 radical (unpaired) electrons. The Morgan fingerprint density at radius 2 is 1.37 bits per heavy atom. The molecular formula is C25H25NO4. The van der Waals surface area contributed by atoms with E-state index >= 15 is 0 Å². The molecule has 0 fully saturated rings. The summed E-state index contributed by atoms with van der Waals surface area (Å²) in [5.74, 6) is -1.61. The van der Waals surface area contributed by atoms with Crippen molar-refractivity contribution in [1.29, 1.82) is 0 Å². The van der Waals surface area contributed by atoms with E-state index in [0.29, 0.717) is 22.5 Å². The van der Waals surface area contributed by atoms with E-state index in [-0.39, 0.29) is 11.6 Å². The summed E-state index contributed by atoms with van der Waals surface area (Å²) in [4.78, 5) is 40.9. The molecule has 0 spiro atoms. The summed E-state index contributed by atoms with van der Waals surface area (Å²) in [6.45, 7) is 6.48. The van der Waals surface area contributed by atoms with Gasteiger partial charge in [0, 0.05) is 11.3 Å². The van der Waals surface area contributed by atoms with Crippen molar-refractivity contribution in [2.75, 3.05) is 0 Å². The number of aromatic nitrogens is 1. The Kier molecular flexibility index (Phi) is 6.31. The molecule has 30 heavy (non-hydrogen) atoms. The second-order valence-electron chi connectivity index (χ2n) is 7.38. The molecule has 1 N–H and O–H groups in total. The fourth-order valence-electron chi connectivity index (χ4n) is 3.78. The summed E-state index contributed by atoms with van der Waals surface area (Å²) >= 11 is 0. The lowest BCUT2D eigenvalue weighted by Crippen LogP contribution is -2.28. The molecule has 0 saturated carbocycles. The number of hydrogen-bond donors (Lipinski definition) is 1. The van der Waals surface area contributed by atoms with E-state index in [1.807, 2.05) is 60.7 Å². The molecule has 0 amide bonds. The van der Waals surface area contributed by atoms with Gasteiger partial charge >= 0.3 is 5.97 Å². The topological polar surface area (TPSA) is 76.2 Å². The fourth-order valence-corrected chi connectivity index (χ4v) is 3.78. The summed E-state index contributed by atoms with van der Waals surface area (Å²) in [6, 6.07) is 18.7. The predicted molar refractivity (Wildman–Crippen MR) is 115 cm³/mol. The van der Waals surface area contributed by atoms with Crippen molar-refractivity contribution in [3.63, 3.8) is 0 Å². The highest BCUT2D eigenvalue weighted by Gasteiger charge is 2.30. The number of carbonyl (C=O) groups is 3. The van der Waals surface area contributed by atoms with Gasteiger partial charge in [-0.1, -0.05) is 60.7 Å². The monoisotopic (exact) mass is 403 g/mol. The van der Waals surface area contributed by atoms with E-state index in [0.717, 1.165) is 11.1 Å². The van der Waals surface area contributed by atoms with Crippen LogP contribution in [0.1, 0.15) is 63.0 Å². The first-order valence-electron chi connectivity index (χ1n) is 9.86. The number of hydrogen-bond acceptors (Lipinski definition) is 4. The lowest BCUT2D eigenvalue weighted by Gasteiger charge is -2.20. The van der Waals surface area contributed by atoms with Crippen LogP contribution in [0.5, 0.6) is 0 Å².